The summed E-state index contributed by atoms with van der Waals surface area (Å²) >= 11 is 0. The van der Waals surface area contributed by atoms with Crippen molar-refractivity contribution in [2.75, 3.05) is 18.5 Å². The lowest BCUT2D eigenvalue weighted by Gasteiger charge is -2.36. The zero-order valence-corrected chi connectivity index (χ0v) is 9.54. The molecule has 18 heavy (non-hydrogen) atoms. The molecule has 98 valence electrons. The second-order valence-corrected chi connectivity index (χ2v) is 4.44. The Hall–Kier alpha value is -1.63. The Kier molecular flexibility index (Phi) is 3.02. The fourth-order valence-electron chi connectivity index (χ4n) is 1.44. The Morgan fingerprint density at radius 2 is 2.11 bits per heavy atom. The Morgan fingerprint density at radius 1 is 1.44 bits per heavy atom. The normalized spacial score (nSPS) is 18.0. The molecule has 0 saturated carbocycles. The highest BCUT2D eigenvalue weighted by Crippen LogP contribution is 2.30. The molecular formula is C11H11F3N2O2. The first-order valence-corrected chi connectivity index (χ1v) is 5.24. The van der Waals surface area contributed by atoms with Crippen LogP contribution >= 0.6 is 0 Å². The molecule has 1 aromatic heterocycles. The summed E-state index contributed by atoms with van der Waals surface area (Å²) in [4.78, 5) is 15.3. The third kappa shape index (κ3) is 2.45. The number of hydrogen-bond acceptors (Lipinski definition) is 3. The summed E-state index contributed by atoms with van der Waals surface area (Å²) in [5, 5.41) is 2.47. The summed E-state index contributed by atoms with van der Waals surface area (Å²) in [5.74, 6) is -0.206. The van der Waals surface area contributed by atoms with E-state index in [1.807, 2.05) is 0 Å². The summed E-state index contributed by atoms with van der Waals surface area (Å²) in [6.07, 6.45) is -3.74. The van der Waals surface area contributed by atoms with Crippen LogP contribution in [-0.4, -0.2) is 24.1 Å². The van der Waals surface area contributed by atoms with Crippen molar-refractivity contribution in [3.05, 3.63) is 23.9 Å². The molecule has 0 bridgehead atoms. The first kappa shape index (κ1) is 12.8. The van der Waals surface area contributed by atoms with Crippen molar-refractivity contribution in [2.45, 2.75) is 13.1 Å². The lowest BCUT2D eigenvalue weighted by molar-refractivity contribution is -0.151. The van der Waals surface area contributed by atoms with E-state index >= 15 is 0 Å². The molecule has 1 aromatic rings. The smallest absolute Gasteiger partial charge is 0.379 e. The van der Waals surface area contributed by atoms with E-state index in [0.29, 0.717) is 19.4 Å². The highest BCUT2D eigenvalue weighted by atomic mass is 19.4. The Labute approximate surface area is 101 Å². The van der Waals surface area contributed by atoms with Crippen LogP contribution in [0.5, 0.6) is 0 Å². The highest BCUT2D eigenvalue weighted by molar-refractivity contribution is 5.95. The van der Waals surface area contributed by atoms with Gasteiger partial charge in [0.25, 0.3) is 0 Å². The average molecular weight is 260 g/mol. The third-order valence-electron chi connectivity index (χ3n) is 2.72. The monoisotopic (exact) mass is 260 g/mol. The SMILES string of the molecule is CC1(C(=O)Nc2ccc(C(F)(F)F)cn2)COC1. The van der Waals surface area contributed by atoms with Crippen LogP contribution in [0.3, 0.4) is 0 Å². The molecule has 1 fully saturated rings. The van der Waals surface area contributed by atoms with Crippen molar-refractivity contribution in [1.82, 2.24) is 4.98 Å². The lowest BCUT2D eigenvalue weighted by atomic mass is 9.88. The Balaban J connectivity index is 2.05. The zero-order valence-electron chi connectivity index (χ0n) is 9.54. The van der Waals surface area contributed by atoms with E-state index in [4.69, 9.17) is 4.74 Å². The average Bonchev–Trinajstić information content (AvgIpc) is 2.25. The number of aromatic nitrogens is 1. The molecular weight excluding hydrogens is 249 g/mol. The van der Waals surface area contributed by atoms with Crippen molar-refractivity contribution in [1.29, 1.82) is 0 Å². The minimum Gasteiger partial charge on any atom is -0.379 e. The van der Waals surface area contributed by atoms with Crippen molar-refractivity contribution >= 4 is 11.7 Å². The van der Waals surface area contributed by atoms with E-state index in [9.17, 15) is 18.0 Å². The van der Waals surface area contributed by atoms with Gasteiger partial charge in [-0.15, -0.1) is 0 Å². The molecule has 0 unspecified atom stereocenters. The number of nitrogens with zero attached hydrogens (tertiary/aromatic N) is 1. The molecule has 1 amide bonds. The highest BCUT2D eigenvalue weighted by Gasteiger charge is 2.41. The van der Waals surface area contributed by atoms with Gasteiger partial charge in [-0.25, -0.2) is 4.98 Å². The molecule has 7 heteroatoms. The van der Waals surface area contributed by atoms with Gasteiger partial charge in [-0.1, -0.05) is 0 Å². The van der Waals surface area contributed by atoms with E-state index in [1.54, 1.807) is 6.92 Å². The first-order chi connectivity index (χ1) is 8.31. The summed E-state index contributed by atoms with van der Waals surface area (Å²) < 4.78 is 41.8. The van der Waals surface area contributed by atoms with Crippen LogP contribution in [0.15, 0.2) is 18.3 Å². The predicted octanol–water partition coefficient (Wildman–Crippen LogP) is 2.08. The molecule has 1 aliphatic rings. The molecule has 0 atom stereocenters. The first-order valence-electron chi connectivity index (χ1n) is 5.24. The summed E-state index contributed by atoms with van der Waals surface area (Å²) in [6, 6.07) is 2.01. The topological polar surface area (TPSA) is 51.2 Å². The summed E-state index contributed by atoms with van der Waals surface area (Å²) in [6.45, 7) is 2.33. The Morgan fingerprint density at radius 3 is 2.50 bits per heavy atom. The molecule has 1 saturated heterocycles. The van der Waals surface area contributed by atoms with Crippen LogP contribution in [0.4, 0.5) is 19.0 Å². The van der Waals surface area contributed by atoms with Gasteiger partial charge in [-0.05, 0) is 19.1 Å². The molecule has 0 spiro atoms. The van der Waals surface area contributed by atoms with E-state index in [-0.39, 0.29) is 11.7 Å². The minimum atomic E-state index is -4.43. The maximum absolute atomic E-state index is 12.3. The number of halogens is 3. The van der Waals surface area contributed by atoms with E-state index in [1.165, 1.54) is 0 Å². The second-order valence-electron chi connectivity index (χ2n) is 4.44. The minimum absolute atomic E-state index is 0.0983. The van der Waals surface area contributed by atoms with Crippen LogP contribution in [0.2, 0.25) is 0 Å². The molecule has 1 N–H and O–H groups in total. The maximum atomic E-state index is 12.3. The van der Waals surface area contributed by atoms with Gasteiger partial charge in [0.2, 0.25) is 5.91 Å². The number of hydrogen-bond donors (Lipinski definition) is 1. The fraction of sp³-hybridized carbons (Fsp3) is 0.455. The van der Waals surface area contributed by atoms with Crippen LogP contribution in [0, 0.1) is 5.41 Å². The van der Waals surface area contributed by atoms with Gasteiger partial charge >= 0.3 is 6.18 Å². The number of amides is 1. The van der Waals surface area contributed by atoms with Gasteiger partial charge in [-0.3, -0.25) is 4.79 Å². The summed E-state index contributed by atoms with van der Waals surface area (Å²) in [5.41, 5.74) is -1.47. The number of rotatable bonds is 2. The van der Waals surface area contributed by atoms with Crippen molar-refractivity contribution in [2.24, 2.45) is 5.41 Å². The van der Waals surface area contributed by atoms with Crippen LogP contribution in [0.25, 0.3) is 0 Å². The standard InChI is InChI=1S/C11H11F3N2O2/c1-10(5-18-6-10)9(17)16-8-3-2-7(4-15-8)11(12,13)14/h2-4H,5-6H2,1H3,(H,15,16,17). The van der Waals surface area contributed by atoms with Gasteiger partial charge in [-0.2, -0.15) is 13.2 Å². The molecule has 1 aliphatic heterocycles. The van der Waals surface area contributed by atoms with Crippen molar-refractivity contribution in [3.8, 4) is 0 Å². The number of ether oxygens (including phenoxy) is 1. The van der Waals surface area contributed by atoms with Gasteiger partial charge < -0.3 is 10.1 Å². The van der Waals surface area contributed by atoms with E-state index in [2.05, 4.69) is 10.3 Å². The number of pyridine rings is 1. The van der Waals surface area contributed by atoms with E-state index < -0.39 is 17.2 Å². The quantitative estimate of drug-likeness (QED) is 0.885. The lowest BCUT2D eigenvalue weighted by Crippen LogP contribution is -2.49. The molecule has 2 heterocycles. The van der Waals surface area contributed by atoms with Crippen molar-refractivity contribution < 1.29 is 22.7 Å². The maximum Gasteiger partial charge on any atom is 0.417 e. The van der Waals surface area contributed by atoms with Gasteiger partial charge in [0.1, 0.15) is 5.82 Å². The molecule has 2 rings (SSSR count). The van der Waals surface area contributed by atoms with Crippen LogP contribution in [-0.2, 0) is 15.7 Å². The number of nitrogens with one attached hydrogen (secondary N) is 1. The second kappa shape index (κ2) is 4.24. The van der Waals surface area contributed by atoms with Crippen LogP contribution in [0.1, 0.15) is 12.5 Å². The zero-order chi connectivity index (χ0) is 13.4. The summed E-state index contributed by atoms with van der Waals surface area (Å²) in [7, 11) is 0. The van der Waals surface area contributed by atoms with Gasteiger partial charge in [0.15, 0.2) is 0 Å². The number of carbonyl (C=O) groups excluding carboxylic acids is 1. The fourth-order valence-corrected chi connectivity index (χ4v) is 1.44. The predicted molar refractivity (Wildman–Crippen MR) is 56.8 cm³/mol. The molecule has 0 radical (unpaired) electrons. The number of anilines is 1. The van der Waals surface area contributed by atoms with Gasteiger partial charge in [0.05, 0.1) is 24.2 Å². The molecule has 0 aliphatic carbocycles. The van der Waals surface area contributed by atoms with Gasteiger partial charge in [0, 0.05) is 6.20 Å². The van der Waals surface area contributed by atoms with Crippen LogP contribution < -0.4 is 5.32 Å². The third-order valence-corrected chi connectivity index (χ3v) is 2.72. The van der Waals surface area contributed by atoms with Crippen molar-refractivity contribution in [3.63, 3.8) is 0 Å². The number of carbonyl (C=O) groups is 1. The Bertz CT molecular complexity index is 452. The molecule has 4 nitrogen and oxygen atoms in total. The number of alkyl halides is 3. The largest absolute Gasteiger partial charge is 0.417 e. The molecule has 0 aromatic carbocycles. The van der Waals surface area contributed by atoms with E-state index in [0.717, 1.165) is 12.1 Å².